The van der Waals surface area contributed by atoms with Gasteiger partial charge in [0.25, 0.3) is 5.56 Å². The highest BCUT2D eigenvalue weighted by molar-refractivity contribution is 6.41. The number of amides is 1. The lowest BCUT2D eigenvalue weighted by atomic mass is 10.3. The van der Waals surface area contributed by atoms with Crippen LogP contribution in [-0.4, -0.2) is 35.8 Å². The molecule has 2 aromatic rings. The zero-order chi connectivity index (χ0) is 17.5. The number of hydrogen-bond acceptors (Lipinski definition) is 4. The maximum absolute atomic E-state index is 11.9. The Kier molecular flexibility index (Phi) is 6.63. The molecule has 0 spiro atoms. The summed E-state index contributed by atoms with van der Waals surface area (Å²) >= 11 is 11.4. The Balaban J connectivity index is 1.76. The number of para-hydroxylation sites is 1. The molecule has 0 aliphatic carbocycles. The van der Waals surface area contributed by atoms with E-state index in [1.807, 2.05) is 37.4 Å². The molecule has 0 bridgehead atoms. The van der Waals surface area contributed by atoms with Gasteiger partial charge in [-0.3, -0.25) is 9.59 Å². The molecule has 128 valence electrons. The van der Waals surface area contributed by atoms with Crippen molar-refractivity contribution < 1.29 is 4.79 Å². The van der Waals surface area contributed by atoms with E-state index in [0.29, 0.717) is 6.54 Å². The molecule has 0 saturated heterocycles. The normalized spacial score (nSPS) is 10.5. The Labute approximate surface area is 150 Å². The van der Waals surface area contributed by atoms with Crippen LogP contribution in [0.1, 0.15) is 6.42 Å². The van der Waals surface area contributed by atoms with Crippen molar-refractivity contribution >= 4 is 34.8 Å². The second-order valence-corrected chi connectivity index (χ2v) is 6.02. The minimum absolute atomic E-state index is 0.0715. The molecule has 0 saturated carbocycles. The van der Waals surface area contributed by atoms with Gasteiger partial charge in [0.15, 0.2) is 0 Å². The van der Waals surface area contributed by atoms with Gasteiger partial charge in [0, 0.05) is 25.8 Å². The maximum atomic E-state index is 11.9. The molecule has 0 aliphatic rings. The number of nitrogens with one attached hydrogen (secondary N) is 1. The first-order valence-corrected chi connectivity index (χ1v) is 8.18. The third kappa shape index (κ3) is 4.97. The second-order valence-electron chi connectivity index (χ2n) is 5.23. The van der Waals surface area contributed by atoms with Gasteiger partial charge in [0.05, 0.1) is 11.2 Å². The molecule has 6 nitrogen and oxygen atoms in total. The van der Waals surface area contributed by atoms with Crippen LogP contribution in [-0.2, 0) is 11.3 Å². The number of rotatable bonds is 7. The number of benzene rings is 1. The summed E-state index contributed by atoms with van der Waals surface area (Å²) in [4.78, 5) is 25.8. The van der Waals surface area contributed by atoms with Crippen molar-refractivity contribution in [3.05, 3.63) is 56.9 Å². The summed E-state index contributed by atoms with van der Waals surface area (Å²) in [6, 6.07) is 9.99. The van der Waals surface area contributed by atoms with E-state index in [1.54, 1.807) is 0 Å². The Morgan fingerprint density at radius 3 is 2.71 bits per heavy atom. The van der Waals surface area contributed by atoms with Crippen molar-refractivity contribution in [1.29, 1.82) is 0 Å². The van der Waals surface area contributed by atoms with Crippen LogP contribution in [0.5, 0.6) is 0 Å². The van der Waals surface area contributed by atoms with Crippen LogP contribution in [0.4, 0.5) is 5.69 Å². The van der Waals surface area contributed by atoms with Gasteiger partial charge < -0.3 is 10.2 Å². The number of anilines is 1. The minimum atomic E-state index is -0.580. The summed E-state index contributed by atoms with van der Waals surface area (Å²) < 4.78 is 0.986. The Bertz CT molecular complexity index is 749. The maximum Gasteiger partial charge on any atom is 0.287 e. The smallest absolute Gasteiger partial charge is 0.287 e. The van der Waals surface area contributed by atoms with Crippen molar-refractivity contribution in [1.82, 2.24) is 15.1 Å². The van der Waals surface area contributed by atoms with Crippen LogP contribution in [0, 0.1) is 0 Å². The quantitative estimate of drug-likeness (QED) is 0.760. The molecule has 0 unspecified atom stereocenters. The number of halogens is 2. The van der Waals surface area contributed by atoms with E-state index < -0.39 is 5.56 Å². The third-order valence-electron chi connectivity index (χ3n) is 3.43. The van der Waals surface area contributed by atoms with Crippen LogP contribution in [0.25, 0.3) is 0 Å². The van der Waals surface area contributed by atoms with E-state index in [0.717, 1.165) is 23.3 Å². The van der Waals surface area contributed by atoms with Gasteiger partial charge in [0.1, 0.15) is 11.6 Å². The zero-order valence-corrected chi connectivity index (χ0v) is 14.7. The summed E-state index contributed by atoms with van der Waals surface area (Å²) in [5.41, 5.74) is 0.540. The van der Waals surface area contributed by atoms with Crippen molar-refractivity contribution in [2.45, 2.75) is 13.0 Å². The number of aromatic nitrogens is 2. The Morgan fingerprint density at radius 2 is 2.00 bits per heavy atom. The second kappa shape index (κ2) is 8.70. The summed E-state index contributed by atoms with van der Waals surface area (Å²) in [6.07, 6.45) is 2.02. The summed E-state index contributed by atoms with van der Waals surface area (Å²) in [5, 5.41) is 6.49. The van der Waals surface area contributed by atoms with Crippen molar-refractivity contribution in [2.24, 2.45) is 0 Å². The van der Waals surface area contributed by atoms with Crippen LogP contribution in [0.3, 0.4) is 0 Å². The highest BCUT2D eigenvalue weighted by atomic mass is 35.5. The lowest BCUT2D eigenvalue weighted by Crippen LogP contribution is -2.35. The predicted octanol–water partition coefficient (Wildman–Crippen LogP) is 2.19. The zero-order valence-electron chi connectivity index (χ0n) is 13.2. The highest BCUT2D eigenvalue weighted by Gasteiger charge is 2.10. The van der Waals surface area contributed by atoms with Gasteiger partial charge in [-0.2, -0.15) is 5.10 Å². The van der Waals surface area contributed by atoms with Crippen molar-refractivity contribution in [2.75, 3.05) is 25.0 Å². The highest BCUT2D eigenvalue weighted by Crippen LogP contribution is 2.14. The van der Waals surface area contributed by atoms with Crippen LogP contribution in [0.2, 0.25) is 10.0 Å². The van der Waals surface area contributed by atoms with Crippen molar-refractivity contribution in [3.8, 4) is 0 Å². The Hall–Kier alpha value is -2.05. The molecular weight excluding hydrogens is 351 g/mol. The number of hydrogen-bond donors (Lipinski definition) is 1. The Morgan fingerprint density at radius 1 is 1.29 bits per heavy atom. The molecule has 1 amide bonds. The fourth-order valence-electron chi connectivity index (χ4n) is 2.11. The van der Waals surface area contributed by atoms with E-state index in [4.69, 9.17) is 23.2 Å². The van der Waals surface area contributed by atoms with Gasteiger partial charge in [-0.25, -0.2) is 4.68 Å². The molecule has 0 aliphatic heterocycles. The van der Waals surface area contributed by atoms with E-state index >= 15 is 0 Å². The number of nitrogens with zero attached hydrogens (tertiary/aromatic N) is 3. The van der Waals surface area contributed by atoms with E-state index in [9.17, 15) is 9.59 Å². The van der Waals surface area contributed by atoms with E-state index in [2.05, 4.69) is 15.3 Å². The number of carbonyl (C=O) groups excluding carboxylic acids is 1. The van der Waals surface area contributed by atoms with Crippen LogP contribution in [0.15, 0.2) is 41.3 Å². The van der Waals surface area contributed by atoms with E-state index in [1.165, 1.54) is 6.20 Å². The van der Waals surface area contributed by atoms with Crippen LogP contribution >= 0.6 is 23.2 Å². The lowest BCUT2D eigenvalue weighted by Gasteiger charge is -2.19. The summed E-state index contributed by atoms with van der Waals surface area (Å²) in [6.45, 7) is 1.12. The van der Waals surface area contributed by atoms with Gasteiger partial charge >= 0.3 is 0 Å². The first-order valence-electron chi connectivity index (χ1n) is 7.43. The molecular formula is C16H18Cl2N4O2. The molecule has 1 aromatic heterocycles. The summed E-state index contributed by atoms with van der Waals surface area (Å²) in [5.74, 6) is -0.301. The third-order valence-corrected chi connectivity index (χ3v) is 4.17. The molecule has 0 fully saturated rings. The fourth-order valence-corrected chi connectivity index (χ4v) is 2.38. The fraction of sp³-hybridized carbons (Fsp3) is 0.312. The topological polar surface area (TPSA) is 67.2 Å². The SMILES string of the molecule is CN(CCCNC(=O)Cn1ncc(Cl)c(Cl)c1=O)c1ccccc1. The molecule has 1 heterocycles. The van der Waals surface area contributed by atoms with Gasteiger partial charge in [-0.1, -0.05) is 41.4 Å². The molecule has 2 rings (SSSR count). The van der Waals surface area contributed by atoms with E-state index in [-0.39, 0.29) is 22.5 Å². The minimum Gasteiger partial charge on any atom is -0.375 e. The van der Waals surface area contributed by atoms with Crippen molar-refractivity contribution in [3.63, 3.8) is 0 Å². The molecule has 1 aromatic carbocycles. The predicted molar refractivity (Wildman–Crippen MR) is 95.9 cm³/mol. The molecule has 1 N–H and O–H groups in total. The molecule has 24 heavy (non-hydrogen) atoms. The van der Waals surface area contributed by atoms with Gasteiger partial charge in [-0.05, 0) is 18.6 Å². The standard InChI is InChI=1S/C16H18Cl2N4O2/c1-21(12-6-3-2-4-7-12)9-5-8-19-14(23)11-22-16(24)15(18)13(17)10-20-22/h2-4,6-7,10H,5,8-9,11H2,1H3,(H,19,23). The molecule has 0 radical (unpaired) electrons. The number of carbonyl (C=O) groups is 1. The lowest BCUT2D eigenvalue weighted by molar-refractivity contribution is -0.121. The van der Waals surface area contributed by atoms with Gasteiger partial charge in [0.2, 0.25) is 5.91 Å². The first kappa shape index (κ1) is 18.3. The molecule has 0 atom stereocenters. The molecule has 8 heteroatoms. The summed E-state index contributed by atoms with van der Waals surface area (Å²) in [7, 11) is 2.00. The van der Waals surface area contributed by atoms with Gasteiger partial charge in [-0.15, -0.1) is 0 Å². The van der Waals surface area contributed by atoms with Crippen LogP contribution < -0.4 is 15.8 Å². The average Bonchev–Trinajstić information content (AvgIpc) is 2.60. The first-order chi connectivity index (χ1) is 11.5. The largest absolute Gasteiger partial charge is 0.375 e. The average molecular weight is 369 g/mol. The monoisotopic (exact) mass is 368 g/mol.